The summed E-state index contributed by atoms with van der Waals surface area (Å²) >= 11 is 0. The highest BCUT2D eigenvalue weighted by atomic mass is 19.4. The highest BCUT2D eigenvalue weighted by Gasteiger charge is 2.73. The third kappa shape index (κ3) is 6.53. The van der Waals surface area contributed by atoms with Crippen LogP contribution in [0.1, 0.15) is 16.1 Å². The SMILES string of the molecule is CNC(=O)c1cc(Oc2ccc(NCC(=O)Nc3cc(C(F)(C(F)(F)F)C(F)(F)F)ccc3F)cc2)ccn1. The minimum Gasteiger partial charge on any atom is -0.457 e. The lowest BCUT2D eigenvalue weighted by Gasteiger charge is -2.30. The van der Waals surface area contributed by atoms with E-state index in [1.54, 1.807) is 0 Å². The highest BCUT2D eigenvalue weighted by Crippen LogP contribution is 2.53. The number of ether oxygens (including phenoxy) is 1. The maximum atomic E-state index is 14.3. The van der Waals surface area contributed by atoms with Crippen LogP contribution in [-0.4, -0.2) is 42.7 Å². The van der Waals surface area contributed by atoms with Gasteiger partial charge in [-0.1, -0.05) is 6.07 Å². The number of benzene rings is 2. The van der Waals surface area contributed by atoms with Crippen molar-refractivity contribution in [3.63, 3.8) is 0 Å². The van der Waals surface area contributed by atoms with Gasteiger partial charge in [0.2, 0.25) is 5.91 Å². The van der Waals surface area contributed by atoms with E-state index in [0.29, 0.717) is 17.2 Å². The number of hydrogen-bond acceptors (Lipinski definition) is 5. The topological polar surface area (TPSA) is 92.4 Å². The van der Waals surface area contributed by atoms with Gasteiger partial charge < -0.3 is 20.7 Å². The van der Waals surface area contributed by atoms with Gasteiger partial charge in [-0.25, -0.2) is 8.78 Å². The van der Waals surface area contributed by atoms with Gasteiger partial charge in [0.05, 0.1) is 12.2 Å². The largest absolute Gasteiger partial charge is 0.457 e. The van der Waals surface area contributed by atoms with Crippen molar-refractivity contribution in [3.8, 4) is 11.5 Å². The summed E-state index contributed by atoms with van der Waals surface area (Å²) in [5, 5.41) is 6.85. The van der Waals surface area contributed by atoms with Crippen molar-refractivity contribution in [2.75, 3.05) is 24.2 Å². The number of hydrogen-bond donors (Lipinski definition) is 3. The van der Waals surface area contributed by atoms with Crippen LogP contribution in [0.15, 0.2) is 60.8 Å². The number of rotatable bonds is 8. The summed E-state index contributed by atoms with van der Waals surface area (Å²) in [5.74, 6) is -2.21. The molecule has 0 saturated carbocycles. The molecule has 0 aliphatic carbocycles. The second-order valence-electron chi connectivity index (χ2n) is 7.83. The summed E-state index contributed by atoms with van der Waals surface area (Å²) in [6, 6.07) is 8.94. The molecule has 39 heavy (non-hydrogen) atoms. The number of halogens is 8. The first-order valence-corrected chi connectivity index (χ1v) is 10.8. The molecule has 3 aromatic rings. The summed E-state index contributed by atoms with van der Waals surface area (Å²) in [7, 11) is 1.44. The van der Waals surface area contributed by atoms with Gasteiger partial charge in [0, 0.05) is 30.6 Å². The summed E-state index contributed by atoms with van der Waals surface area (Å²) in [6.45, 7) is -0.580. The van der Waals surface area contributed by atoms with E-state index in [9.17, 15) is 44.7 Å². The number of aromatic nitrogens is 1. The molecule has 208 valence electrons. The van der Waals surface area contributed by atoms with Crippen LogP contribution >= 0.6 is 0 Å². The van der Waals surface area contributed by atoms with Gasteiger partial charge in [-0.15, -0.1) is 0 Å². The van der Waals surface area contributed by atoms with E-state index in [1.807, 2.05) is 5.32 Å². The molecular weight excluding hydrogens is 544 g/mol. The lowest BCUT2D eigenvalue weighted by atomic mass is 9.93. The normalized spacial score (nSPS) is 12.0. The smallest absolute Gasteiger partial charge is 0.435 e. The Morgan fingerprint density at radius 1 is 0.872 bits per heavy atom. The molecule has 0 radical (unpaired) electrons. The zero-order valence-corrected chi connectivity index (χ0v) is 19.7. The van der Waals surface area contributed by atoms with Crippen LogP contribution in [0.25, 0.3) is 0 Å². The van der Waals surface area contributed by atoms with Crippen molar-refractivity contribution in [3.05, 3.63) is 77.9 Å². The molecule has 2 amide bonds. The molecule has 7 nitrogen and oxygen atoms in total. The van der Waals surface area contributed by atoms with Crippen LogP contribution in [0.2, 0.25) is 0 Å². The Hall–Kier alpha value is -4.43. The average molecular weight is 562 g/mol. The zero-order valence-electron chi connectivity index (χ0n) is 19.7. The Morgan fingerprint density at radius 3 is 2.10 bits per heavy atom. The van der Waals surface area contributed by atoms with Crippen LogP contribution in [0, 0.1) is 5.82 Å². The van der Waals surface area contributed by atoms with Gasteiger partial charge >= 0.3 is 18.0 Å². The number of nitrogens with zero attached hydrogens (tertiary/aromatic N) is 1. The number of nitrogens with one attached hydrogen (secondary N) is 3. The van der Waals surface area contributed by atoms with Crippen molar-refractivity contribution < 1.29 is 49.4 Å². The molecule has 3 rings (SSSR count). The fourth-order valence-corrected chi connectivity index (χ4v) is 3.20. The molecule has 0 spiro atoms. The van der Waals surface area contributed by atoms with Crippen LogP contribution in [0.3, 0.4) is 0 Å². The fourth-order valence-electron chi connectivity index (χ4n) is 3.20. The molecule has 0 bridgehead atoms. The molecule has 0 atom stereocenters. The van der Waals surface area contributed by atoms with Crippen molar-refractivity contribution in [1.29, 1.82) is 0 Å². The molecule has 1 heterocycles. The Labute approximate surface area is 215 Å². The van der Waals surface area contributed by atoms with Gasteiger partial charge in [-0.05, 0) is 42.5 Å². The first-order chi connectivity index (χ1) is 18.2. The van der Waals surface area contributed by atoms with Gasteiger partial charge in [-0.3, -0.25) is 14.6 Å². The Morgan fingerprint density at radius 2 is 1.51 bits per heavy atom. The van der Waals surface area contributed by atoms with Crippen molar-refractivity contribution in [2.24, 2.45) is 0 Å². The van der Waals surface area contributed by atoms with E-state index in [1.165, 1.54) is 49.6 Å². The van der Waals surface area contributed by atoms with Crippen molar-refractivity contribution >= 4 is 23.2 Å². The monoisotopic (exact) mass is 562 g/mol. The Bertz CT molecular complexity index is 1330. The van der Waals surface area contributed by atoms with E-state index >= 15 is 0 Å². The highest BCUT2D eigenvalue weighted by molar-refractivity contribution is 5.94. The molecule has 0 unspecified atom stereocenters. The summed E-state index contributed by atoms with van der Waals surface area (Å²) in [6.07, 6.45) is -11.4. The molecule has 15 heteroatoms. The fraction of sp³-hybridized carbons (Fsp3) is 0.208. The van der Waals surface area contributed by atoms with Gasteiger partial charge in [0.25, 0.3) is 5.91 Å². The predicted molar refractivity (Wildman–Crippen MR) is 123 cm³/mol. The number of pyridine rings is 1. The molecule has 0 fully saturated rings. The third-order valence-corrected chi connectivity index (χ3v) is 5.15. The first kappa shape index (κ1) is 29.1. The van der Waals surface area contributed by atoms with Crippen LogP contribution in [0.4, 0.5) is 46.5 Å². The Balaban J connectivity index is 1.65. The van der Waals surface area contributed by atoms with Crippen LogP contribution < -0.4 is 20.7 Å². The third-order valence-electron chi connectivity index (χ3n) is 5.15. The average Bonchev–Trinajstić information content (AvgIpc) is 2.87. The Kier molecular flexibility index (Phi) is 8.31. The molecule has 3 N–H and O–H groups in total. The van der Waals surface area contributed by atoms with E-state index in [-0.39, 0.29) is 23.9 Å². The summed E-state index contributed by atoms with van der Waals surface area (Å²) in [5.41, 5.74) is -8.35. The maximum absolute atomic E-state index is 14.3. The second kappa shape index (κ2) is 11.1. The molecule has 2 aromatic carbocycles. The maximum Gasteiger partial charge on any atom is 0.435 e. The summed E-state index contributed by atoms with van der Waals surface area (Å²) in [4.78, 5) is 27.7. The predicted octanol–water partition coefficient (Wildman–Crippen LogP) is 5.71. The van der Waals surface area contributed by atoms with Crippen LogP contribution in [0.5, 0.6) is 11.5 Å². The van der Waals surface area contributed by atoms with Gasteiger partial charge in [0.15, 0.2) is 0 Å². The minimum absolute atomic E-state index is 0.000828. The standard InChI is InChI=1S/C24H18F8N4O3/c1-33-21(38)19-11-16(8-9-34-19)39-15-5-3-14(4-6-15)35-12-20(37)36-18-10-13(2-7-17(18)25)22(26,23(27,28)29)24(30,31)32/h2-11,35H,12H2,1H3,(H,33,38)(H,36,37). The van der Waals surface area contributed by atoms with Crippen molar-refractivity contribution in [2.45, 2.75) is 18.0 Å². The number of carbonyl (C=O) groups is 2. The van der Waals surface area contributed by atoms with E-state index in [0.717, 1.165) is 0 Å². The lowest BCUT2D eigenvalue weighted by Crippen LogP contribution is -2.50. The minimum atomic E-state index is -6.40. The van der Waals surface area contributed by atoms with Crippen LogP contribution in [-0.2, 0) is 10.5 Å². The zero-order chi connectivity index (χ0) is 29.0. The molecule has 1 aromatic heterocycles. The first-order valence-electron chi connectivity index (χ1n) is 10.8. The van der Waals surface area contributed by atoms with E-state index in [4.69, 9.17) is 4.74 Å². The molecular formula is C24H18F8N4O3. The number of amides is 2. The van der Waals surface area contributed by atoms with E-state index < -0.39 is 53.4 Å². The van der Waals surface area contributed by atoms with E-state index in [2.05, 4.69) is 15.6 Å². The number of anilines is 2. The van der Waals surface area contributed by atoms with Gasteiger partial charge in [0.1, 0.15) is 23.0 Å². The summed E-state index contributed by atoms with van der Waals surface area (Å²) < 4.78 is 112. The number of alkyl halides is 7. The molecule has 0 aliphatic rings. The molecule has 0 saturated heterocycles. The lowest BCUT2D eigenvalue weighted by molar-refractivity contribution is -0.348. The van der Waals surface area contributed by atoms with Gasteiger partial charge in [-0.2, -0.15) is 26.3 Å². The number of carbonyl (C=O) groups excluding carboxylic acids is 2. The quantitative estimate of drug-likeness (QED) is 0.306. The molecule has 0 aliphatic heterocycles. The van der Waals surface area contributed by atoms with Crippen molar-refractivity contribution in [1.82, 2.24) is 10.3 Å². The second-order valence-corrected chi connectivity index (χ2v) is 7.83.